The van der Waals surface area contributed by atoms with Crippen LogP contribution in [0.2, 0.25) is 5.02 Å². The summed E-state index contributed by atoms with van der Waals surface area (Å²) in [5.74, 6) is 0. The SMILES string of the molecule is [O-][n+]1onc2cc(C=Cc3ccc(Cl)cc3)ccc21. The van der Waals surface area contributed by atoms with Crippen molar-refractivity contribution in [3.8, 4) is 0 Å². The molecule has 3 rings (SSSR count). The molecule has 0 saturated carbocycles. The Bertz CT molecular complexity index is 748. The van der Waals surface area contributed by atoms with Gasteiger partial charge in [-0.3, -0.25) is 4.63 Å². The molecule has 3 aromatic rings. The second-order valence-electron chi connectivity index (χ2n) is 4.06. The van der Waals surface area contributed by atoms with E-state index in [2.05, 4.69) is 9.79 Å². The maximum atomic E-state index is 11.2. The molecule has 1 aromatic heterocycles. The maximum Gasteiger partial charge on any atom is 0.249 e. The molecule has 0 amide bonds. The van der Waals surface area contributed by atoms with Gasteiger partial charge in [-0.2, -0.15) is 0 Å². The molecule has 19 heavy (non-hydrogen) atoms. The van der Waals surface area contributed by atoms with Crippen LogP contribution >= 0.6 is 11.6 Å². The highest BCUT2D eigenvalue weighted by atomic mass is 35.5. The largest absolute Gasteiger partial charge is 0.359 e. The first-order valence-corrected chi connectivity index (χ1v) is 6.03. The van der Waals surface area contributed by atoms with Crippen molar-refractivity contribution in [2.75, 3.05) is 0 Å². The summed E-state index contributed by atoms with van der Waals surface area (Å²) >= 11 is 5.82. The zero-order valence-corrected chi connectivity index (χ0v) is 10.5. The molecular weight excluding hydrogens is 264 g/mol. The van der Waals surface area contributed by atoms with E-state index in [1.807, 2.05) is 42.5 Å². The van der Waals surface area contributed by atoms with E-state index in [4.69, 9.17) is 11.6 Å². The third kappa shape index (κ3) is 2.44. The summed E-state index contributed by atoms with van der Waals surface area (Å²) < 4.78 is 4.52. The summed E-state index contributed by atoms with van der Waals surface area (Å²) in [6.45, 7) is 0. The van der Waals surface area contributed by atoms with E-state index in [-0.39, 0.29) is 0 Å². The molecule has 4 nitrogen and oxygen atoms in total. The molecule has 0 N–H and O–H groups in total. The van der Waals surface area contributed by atoms with Crippen LogP contribution in [0.1, 0.15) is 11.1 Å². The average molecular weight is 273 g/mol. The number of benzene rings is 2. The Hall–Kier alpha value is -2.33. The summed E-state index contributed by atoms with van der Waals surface area (Å²) in [4.78, 5) is 0.391. The van der Waals surface area contributed by atoms with Gasteiger partial charge in [0.2, 0.25) is 11.0 Å². The average Bonchev–Trinajstić information content (AvgIpc) is 2.79. The van der Waals surface area contributed by atoms with Crippen LogP contribution in [0.15, 0.2) is 47.1 Å². The number of hydrogen-bond donors (Lipinski definition) is 0. The Labute approximate surface area is 114 Å². The first-order chi connectivity index (χ1) is 9.22. The maximum absolute atomic E-state index is 11.2. The van der Waals surface area contributed by atoms with Crippen LogP contribution in [0.5, 0.6) is 0 Å². The van der Waals surface area contributed by atoms with Gasteiger partial charge >= 0.3 is 0 Å². The van der Waals surface area contributed by atoms with Gasteiger partial charge < -0.3 is 5.21 Å². The fourth-order valence-electron chi connectivity index (χ4n) is 1.76. The molecule has 0 aliphatic carbocycles. The Kier molecular flexibility index (Phi) is 2.93. The first kappa shape index (κ1) is 11.7. The molecule has 0 unspecified atom stereocenters. The topological polar surface area (TPSA) is 53.0 Å². The Morgan fingerprint density at radius 2 is 1.74 bits per heavy atom. The smallest absolute Gasteiger partial charge is 0.249 e. The zero-order chi connectivity index (χ0) is 13.2. The van der Waals surface area contributed by atoms with Crippen molar-refractivity contribution in [3.05, 3.63) is 63.8 Å². The normalized spacial score (nSPS) is 11.4. The summed E-state index contributed by atoms with van der Waals surface area (Å²) in [6, 6.07) is 12.8. The van der Waals surface area contributed by atoms with Crippen LogP contribution in [0.25, 0.3) is 23.2 Å². The summed E-state index contributed by atoms with van der Waals surface area (Å²) in [5, 5.41) is 15.5. The number of hydrogen-bond acceptors (Lipinski definition) is 3. The lowest BCUT2D eigenvalue weighted by Gasteiger charge is -1.94. The second-order valence-corrected chi connectivity index (χ2v) is 4.50. The third-order valence-electron chi connectivity index (χ3n) is 2.75. The minimum Gasteiger partial charge on any atom is -0.359 e. The zero-order valence-electron chi connectivity index (χ0n) is 9.79. The molecule has 0 aliphatic rings. The highest BCUT2D eigenvalue weighted by Gasteiger charge is 2.07. The predicted octanol–water partition coefficient (Wildman–Crippen LogP) is 3.29. The first-order valence-electron chi connectivity index (χ1n) is 5.65. The summed E-state index contributed by atoms with van der Waals surface area (Å²) in [6.07, 6.45) is 3.90. The predicted molar refractivity (Wildman–Crippen MR) is 73.3 cm³/mol. The highest BCUT2D eigenvalue weighted by Crippen LogP contribution is 2.15. The van der Waals surface area contributed by atoms with Crippen molar-refractivity contribution in [1.29, 1.82) is 0 Å². The molecule has 0 aliphatic heterocycles. The molecule has 0 atom stereocenters. The minimum atomic E-state index is 0.391. The number of aromatic nitrogens is 2. The molecule has 0 spiro atoms. The van der Waals surface area contributed by atoms with Gasteiger partial charge in [-0.25, -0.2) is 0 Å². The number of rotatable bonds is 2. The fraction of sp³-hybridized carbons (Fsp3) is 0. The van der Waals surface area contributed by atoms with Gasteiger partial charge in [-0.05, 0) is 34.2 Å². The fourth-order valence-corrected chi connectivity index (χ4v) is 1.89. The Morgan fingerprint density at radius 3 is 2.53 bits per heavy atom. The van der Waals surface area contributed by atoms with E-state index in [9.17, 15) is 5.21 Å². The van der Waals surface area contributed by atoms with Crippen LogP contribution in [0.4, 0.5) is 0 Å². The van der Waals surface area contributed by atoms with Gasteiger partial charge in [0.1, 0.15) is 0 Å². The van der Waals surface area contributed by atoms with E-state index >= 15 is 0 Å². The van der Waals surface area contributed by atoms with Crippen molar-refractivity contribution in [1.82, 2.24) is 5.16 Å². The van der Waals surface area contributed by atoms with E-state index in [1.165, 1.54) is 0 Å². The van der Waals surface area contributed by atoms with Crippen molar-refractivity contribution in [3.63, 3.8) is 0 Å². The monoisotopic (exact) mass is 272 g/mol. The molecule has 0 radical (unpaired) electrons. The standard InChI is InChI=1S/C14H9ClN2O2/c15-12-6-3-10(4-7-12)1-2-11-5-8-14-13(9-11)16-19-17(14)18/h1-9H. The molecule has 2 aromatic carbocycles. The van der Waals surface area contributed by atoms with Crippen LogP contribution < -0.4 is 4.90 Å². The molecule has 5 heteroatoms. The number of fused-ring (bicyclic) bond motifs is 1. The van der Waals surface area contributed by atoms with Crippen molar-refractivity contribution in [2.24, 2.45) is 0 Å². The lowest BCUT2D eigenvalue weighted by Crippen LogP contribution is -2.22. The lowest BCUT2D eigenvalue weighted by atomic mass is 10.1. The van der Waals surface area contributed by atoms with Gasteiger partial charge in [0.05, 0.1) is 0 Å². The molecule has 0 saturated heterocycles. The molecule has 94 valence electrons. The van der Waals surface area contributed by atoms with Gasteiger partial charge in [-0.1, -0.05) is 42.0 Å². The Balaban J connectivity index is 1.90. The highest BCUT2D eigenvalue weighted by molar-refractivity contribution is 6.30. The quantitative estimate of drug-likeness (QED) is 0.531. The van der Waals surface area contributed by atoms with Crippen molar-refractivity contribution < 1.29 is 9.53 Å². The molecule has 1 heterocycles. The lowest BCUT2D eigenvalue weighted by molar-refractivity contribution is -0.782. The van der Waals surface area contributed by atoms with Gasteiger partial charge in [0.25, 0.3) is 0 Å². The summed E-state index contributed by atoms with van der Waals surface area (Å²) in [7, 11) is 0. The van der Waals surface area contributed by atoms with E-state index < -0.39 is 0 Å². The minimum absolute atomic E-state index is 0.391. The number of halogens is 1. The van der Waals surface area contributed by atoms with Crippen LogP contribution in [0, 0.1) is 5.21 Å². The van der Waals surface area contributed by atoms with E-state index in [0.29, 0.717) is 21.0 Å². The second kappa shape index (κ2) is 4.74. The van der Waals surface area contributed by atoms with Crippen LogP contribution in [-0.4, -0.2) is 5.16 Å². The van der Waals surface area contributed by atoms with E-state index in [1.54, 1.807) is 12.1 Å². The molecule has 0 fully saturated rings. The Morgan fingerprint density at radius 1 is 1.05 bits per heavy atom. The third-order valence-corrected chi connectivity index (χ3v) is 3.00. The summed E-state index contributed by atoms with van der Waals surface area (Å²) in [5.41, 5.74) is 2.94. The van der Waals surface area contributed by atoms with Crippen molar-refractivity contribution >= 4 is 34.8 Å². The van der Waals surface area contributed by atoms with E-state index in [0.717, 1.165) is 11.1 Å². The molecular formula is C14H9ClN2O2. The van der Waals surface area contributed by atoms with Gasteiger partial charge in [0, 0.05) is 16.2 Å². The molecule has 0 bridgehead atoms. The van der Waals surface area contributed by atoms with Crippen molar-refractivity contribution in [2.45, 2.75) is 0 Å². The van der Waals surface area contributed by atoms with Crippen LogP contribution in [-0.2, 0) is 0 Å². The van der Waals surface area contributed by atoms with Gasteiger partial charge in [-0.15, -0.1) is 0 Å². The van der Waals surface area contributed by atoms with Crippen LogP contribution in [0.3, 0.4) is 0 Å². The van der Waals surface area contributed by atoms with Gasteiger partial charge in [0.15, 0.2) is 0 Å². The number of nitrogens with zero attached hydrogens (tertiary/aromatic N) is 2.